The average Bonchev–Trinajstić information content (AvgIpc) is 2.44. The Bertz CT molecular complexity index is 418. The lowest BCUT2D eigenvalue weighted by Crippen LogP contribution is -2.68. The average molecular weight is 258 g/mol. The first-order chi connectivity index (χ1) is 9.09. The van der Waals surface area contributed by atoms with E-state index >= 15 is 0 Å². The van der Waals surface area contributed by atoms with Crippen LogP contribution in [0.1, 0.15) is 45.2 Å². The molecule has 4 rings (SSSR count). The molecule has 19 heavy (non-hydrogen) atoms. The topological polar surface area (TPSA) is 15.3 Å². The molecular weight excluding hydrogens is 232 g/mol. The van der Waals surface area contributed by atoms with E-state index in [1.807, 2.05) is 0 Å². The van der Waals surface area contributed by atoms with Crippen molar-refractivity contribution < 1.29 is 0 Å². The van der Waals surface area contributed by atoms with Crippen LogP contribution in [0.15, 0.2) is 30.3 Å². The van der Waals surface area contributed by atoms with Crippen LogP contribution in [-0.2, 0) is 0 Å². The maximum absolute atomic E-state index is 3.92. The van der Waals surface area contributed by atoms with Gasteiger partial charge in [-0.3, -0.25) is 4.90 Å². The standard InChI is InChI=1S/C17H26N2/c1-13(14-7-5-4-6-8-14)18-16-15-9-11-19(12-10-15)17(16,2)3/h4-8,13,15-16,18H,9-12H2,1-3H3/t13-,16-/m0/s1. The van der Waals surface area contributed by atoms with Crippen LogP contribution in [0.3, 0.4) is 0 Å². The number of rotatable bonds is 3. The van der Waals surface area contributed by atoms with Gasteiger partial charge < -0.3 is 5.32 Å². The number of nitrogens with one attached hydrogen (secondary N) is 1. The van der Waals surface area contributed by atoms with Crippen LogP contribution in [0.4, 0.5) is 0 Å². The van der Waals surface area contributed by atoms with E-state index in [1.54, 1.807) is 0 Å². The van der Waals surface area contributed by atoms with Gasteiger partial charge in [0.25, 0.3) is 0 Å². The van der Waals surface area contributed by atoms with Crippen LogP contribution in [0.5, 0.6) is 0 Å². The number of nitrogens with zero attached hydrogens (tertiary/aromatic N) is 1. The van der Waals surface area contributed by atoms with E-state index in [0.717, 1.165) is 5.92 Å². The fraction of sp³-hybridized carbons (Fsp3) is 0.647. The van der Waals surface area contributed by atoms with E-state index in [-0.39, 0.29) is 0 Å². The summed E-state index contributed by atoms with van der Waals surface area (Å²) >= 11 is 0. The number of hydrogen-bond donors (Lipinski definition) is 1. The number of fused-ring (bicyclic) bond motifs is 3. The van der Waals surface area contributed by atoms with Crippen LogP contribution in [0.2, 0.25) is 0 Å². The second kappa shape index (κ2) is 4.92. The summed E-state index contributed by atoms with van der Waals surface area (Å²) in [6.07, 6.45) is 2.73. The minimum atomic E-state index is 0.296. The molecule has 3 aliphatic rings. The molecule has 3 fully saturated rings. The van der Waals surface area contributed by atoms with Gasteiger partial charge in [-0.05, 0) is 58.2 Å². The SMILES string of the molecule is C[C@H](N[C@H]1C2CCN(CC2)C1(C)C)c1ccccc1. The molecule has 3 heterocycles. The second-order valence-electron chi connectivity index (χ2n) is 6.75. The first-order valence-electron chi connectivity index (χ1n) is 7.65. The van der Waals surface area contributed by atoms with Gasteiger partial charge in [-0.15, -0.1) is 0 Å². The summed E-state index contributed by atoms with van der Waals surface area (Å²) in [5, 5.41) is 3.92. The van der Waals surface area contributed by atoms with Crippen molar-refractivity contribution in [2.45, 2.75) is 51.2 Å². The van der Waals surface area contributed by atoms with Crippen molar-refractivity contribution in [3.8, 4) is 0 Å². The number of piperidine rings is 3. The van der Waals surface area contributed by atoms with E-state index in [2.05, 4.69) is 61.3 Å². The molecule has 2 nitrogen and oxygen atoms in total. The van der Waals surface area contributed by atoms with Crippen molar-refractivity contribution in [2.75, 3.05) is 13.1 Å². The predicted octanol–water partition coefficient (Wildman–Crippen LogP) is 3.21. The van der Waals surface area contributed by atoms with E-state index in [4.69, 9.17) is 0 Å². The Morgan fingerprint density at radius 3 is 2.37 bits per heavy atom. The molecule has 0 aromatic heterocycles. The van der Waals surface area contributed by atoms with Gasteiger partial charge in [0.15, 0.2) is 0 Å². The summed E-state index contributed by atoms with van der Waals surface area (Å²) in [7, 11) is 0. The molecule has 0 radical (unpaired) electrons. The predicted molar refractivity (Wildman–Crippen MR) is 80.2 cm³/mol. The molecule has 104 valence electrons. The van der Waals surface area contributed by atoms with Crippen molar-refractivity contribution in [2.24, 2.45) is 5.92 Å². The molecule has 3 saturated heterocycles. The monoisotopic (exact) mass is 258 g/mol. The van der Waals surface area contributed by atoms with E-state index < -0.39 is 0 Å². The Labute approximate surface area is 117 Å². The van der Waals surface area contributed by atoms with Crippen molar-refractivity contribution >= 4 is 0 Å². The van der Waals surface area contributed by atoms with Crippen LogP contribution in [0.25, 0.3) is 0 Å². The largest absolute Gasteiger partial charge is 0.305 e. The van der Waals surface area contributed by atoms with Crippen LogP contribution in [-0.4, -0.2) is 29.6 Å². The lowest BCUT2D eigenvalue weighted by Gasteiger charge is -2.57. The smallest absolute Gasteiger partial charge is 0.0309 e. The molecule has 0 unspecified atom stereocenters. The first kappa shape index (κ1) is 13.1. The summed E-state index contributed by atoms with van der Waals surface area (Å²) in [4.78, 5) is 2.67. The van der Waals surface area contributed by atoms with E-state index in [1.165, 1.54) is 31.5 Å². The van der Waals surface area contributed by atoms with Gasteiger partial charge in [0.2, 0.25) is 0 Å². The minimum absolute atomic E-state index is 0.296. The van der Waals surface area contributed by atoms with E-state index in [0.29, 0.717) is 17.6 Å². The molecule has 0 aliphatic carbocycles. The zero-order valence-electron chi connectivity index (χ0n) is 12.4. The summed E-state index contributed by atoms with van der Waals surface area (Å²) in [6, 6.07) is 11.9. The van der Waals surface area contributed by atoms with Crippen LogP contribution < -0.4 is 5.32 Å². The normalized spacial score (nSPS) is 34.2. The molecule has 0 spiro atoms. The number of hydrogen-bond acceptors (Lipinski definition) is 2. The van der Waals surface area contributed by atoms with Crippen LogP contribution >= 0.6 is 0 Å². The fourth-order valence-corrected chi connectivity index (χ4v) is 4.03. The van der Waals surface area contributed by atoms with Gasteiger partial charge in [0, 0.05) is 17.6 Å². The van der Waals surface area contributed by atoms with Gasteiger partial charge >= 0.3 is 0 Å². The van der Waals surface area contributed by atoms with Gasteiger partial charge in [0.05, 0.1) is 0 Å². The molecule has 2 heteroatoms. The molecule has 2 atom stereocenters. The molecule has 1 N–H and O–H groups in total. The third-order valence-corrected chi connectivity index (χ3v) is 5.32. The maximum Gasteiger partial charge on any atom is 0.0309 e. The lowest BCUT2D eigenvalue weighted by atomic mass is 9.71. The zero-order valence-corrected chi connectivity index (χ0v) is 12.4. The fourth-order valence-electron chi connectivity index (χ4n) is 4.03. The van der Waals surface area contributed by atoms with Gasteiger partial charge in [-0.2, -0.15) is 0 Å². The second-order valence-corrected chi connectivity index (χ2v) is 6.75. The summed E-state index contributed by atoms with van der Waals surface area (Å²) < 4.78 is 0. The van der Waals surface area contributed by atoms with Gasteiger partial charge in [0.1, 0.15) is 0 Å². The molecule has 1 aromatic carbocycles. The molecular formula is C17H26N2. The van der Waals surface area contributed by atoms with Gasteiger partial charge in [-0.1, -0.05) is 30.3 Å². The quantitative estimate of drug-likeness (QED) is 0.895. The molecule has 0 saturated carbocycles. The van der Waals surface area contributed by atoms with E-state index in [9.17, 15) is 0 Å². The number of benzene rings is 1. The van der Waals surface area contributed by atoms with Crippen molar-refractivity contribution in [3.05, 3.63) is 35.9 Å². The highest BCUT2D eigenvalue weighted by atomic mass is 15.3. The summed E-state index contributed by atoms with van der Waals surface area (Å²) in [6.45, 7) is 9.69. The Morgan fingerprint density at radius 1 is 1.16 bits per heavy atom. The molecule has 0 amide bonds. The van der Waals surface area contributed by atoms with Crippen molar-refractivity contribution in [1.82, 2.24) is 10.2 Å². The summed E-state index contributed by atoms with van der Waals surface area (Å²) in [5.41, 5.74) is 1.69. The highest BCUT2D eigenvalue weighted by molar-refractivity contribution is 5.19. The van der Waals surface area contributed by atoms with Crippen LogP contribution in [0, 0.1) is 5.92 Å². The highest BCUT2D eigenvalue weighted by Crippen LogP contribution is 2.39. The Morgan fingerprint density at radius 2 is 1.79 bits per heavy atom. The maximum atomic E-state index is 3.92. The third-order valence-electron chi connectivity index (χ3n) is 5.32. The molecule has 3 aliphatic heterocycles. The summed E-state index contributed by atoms with van der Waals surface area (Å²) in [5.74, 6) is 0.853. The Kier molecular flexibility index (Phi) is 3.40. The Hall–Kier alpha value is -0.860. The van der Waals surface area contributed by atoms with Crippen molar-refractivity contribution in [3.63, 3.8) is 0 Å². The molecule has 2 bridgehead atoms. The Balaban J connectivity index is 1.75. The highest BCUT2D eigenvalue weighted by Gasteiger charge is 2.47. The minimum Gasteiger partial charge on any atom is -0.305 e. The van der Waals surface area contributed by atoms with Crippen molar-refractivity contribution in [1.29, 1.82) is 0 Å². The third kappa shape index (κ3) is 2.32. The zero-order chi connectivity index (χ0) is 13.5. The lowest BCUT2D eigenvalue weighted by molar-refractivity contribution is -0.0438. The van der Waals surface area contributed by atoms with Gasteiger partial charge in [-0.25, -0.2) is 0 Å². The molecule has 1 aromatic rings. The first-order valence-corrected chi connectivity index (χ1v) is 7.65.